The van der Waals surface area contributed by atoms with E-state index >= 15 is 0 Å². The van der Waals surface area contributed by atoms with E-state index in [0.29, 0.717) is 10.2 Å². The second-order valence-electron chi connectivity index (χ2n) is 4.25. The molecule has 0 bridgehead atoms. The number of nitrogens with two attached hydrogens (primary N) is 1. The highest BCUT2D eigenvalue weighted by Crippen LogP contribution is 2.21. The zero-order chi connectivity index (χ0) is 13.2. The molecule has 0 aliphatic rings. The fraction of sp³-hybridized carbons (Fsp3) is 0.231. The van der Waals surface area contributed by atoms with Crippen LogP contribution in [0.25, 0.3) is 11.1 Å². The van der Waals surface area contributed by atoms with E-state index in [1.807, 2.05) is 17.5 Å². The van der Waals surface area contributed by atoms with Gasteiger partial charge in [0, 0.05) is 16.8 Å². The Morgan fingerprint density at radius 1 is 1.26 bits per heavy atom. The minimum absolute atomic E-state index is 0.617. The molecule has 3 aromatic rings. The van der Waals surface area contributed by atoms with E-state index in [1.54, 1.807) is 6.07 Å². The molecule has 0 fully saturated rings. The van der Waals surface area contributed by atoms with Gasteiger partial charge in [-0.3, -0.25) is 0 Å². The number of nitrogens with zero attached hydrogens (tertiary/aromatic N) is 2. The topological polar surface area (TPSA) is 64.9 Å². The van der Waals surface area contributed by atoms with E-state index < -0.39 is 0 Å². The Hall–Kier alpha value is -1.59. The summed E-state index contributed by atoms with van der Waals surface area (Å²) < 4.78 is 5.65. The normalized spacial score (nSPS) is 11.2. The molecule has 3 rings (SSSR count). The van der Waals surface area contributed by atoms with E-state index in [9.17, 15) is 0 Å². The van der Waals surface area contributed by atoms with Crippen LogP contribution < -0.4 is 5.73 Å². The second-order valence-corrected chi connectivity index (χ2v) is 5.58. The molecule has 98 valence electrons. The van der Waals surface area contributed by atoms with Crippen molar-refractivity contribution in [3.63, 3.8) is 0 Å². The monoisotopic (exact) mass is 293 g/mol. The molecule has 0 atom stereocenters. The molecule has 0 aliphatic heterocycles. The van der Waals surface area contributed by atoms with Crippen LogP contribution in [0.4, 0.5) is 5.13 Å². The van der Waals surface area contributed by atoms with Crippen molar-refractivity contribution in [1.29, 1.82) is 0 Å². The number of benzene rings is 1. The Kier molecular flexibility index (Phi) is 3.40. The molecule has 2 N–H and O–H groups in total. The number of nitrogen functional groups attached to an aromatic ring is 1. The predicted molar refractivity (Wildman–Crippen MR) is 77.6 cm³/mol. The quantitative estimate of drug-likeness (QED) is 0.796. The molecule has 2 aromatic heterocycles. The number of hydrogen-bond acceptors (Lipinski definition) is 5. The lowest BCUT2D eigenvalue weighted by Gasteiger charge is -1.94. The zero-order valence-corrected chi connectivity index (χ0v) is 11.7. The highest BCUT2D eigenvalue weighted by Gasteiger charge is 2.07. The van der Waals surface area contributed by atoms with E-state index in [1.165, 1.54) is 11.3 Å². The number of fused-ring (bicyclic) bond motifs is 1. The number of aromatic nitrogens is 2. The Balaban J connectivity index is 1.65. The summed E-state index contributed by atoms with van der Waals surface area (Å²) >= 11 is 7.38. The molecule has 0 aliphatic carbocycles. The average Bonchev–Trinajstić information content (AvgIpc) is 2.95. The summed E-state index contributed by atoms with van der Waals surface area (Å²) in [5, 5.41) is 3.28. The SMILES string of the molecule is Nc1nc(CCCc2nc3cc(Cl)ccc3o2)cs1. The van der Waals surface area contributed by atoms with Crippen LogP contribution in [-0.2, 0) is 12.8 Å². The largest absolute Gasteiger partial charge is 0.441 e. The lowest BCUT2D eigenvalue weighted by atomic mass is 10.2. The first-order valence-corrected chi connectivity index (χ1v) is 7.21. The van der Waals surface area contributed by atoms with Crippen LogP contribution in [0.1, 0.15) is 18.0 Å². The molecule has 1 aromatic carbocycles. The van der Waals surface area contributed by atoms with Gasteiger partial charge in [-0.2, -0.15) is 0 Å². The van der Waals surface area contributed by atoms with Gasteiger partial charge in [0.05, 0.1) is 5.69 Å². The third kappa shape index (κ3) is 2.88. The van der Waals surface area contributed by atoms with Crippen LogP contribution in [0, 0.1) is 0 Å². The molecular weight excluding hydrogens is 282 g/mol. The highest BCUT2D eigenvalue weighted by molar-refractivity contribution is 7.13. The maximum Gasteiger partial charge on any atom is 0.195 e. The number of oxazole rings is 1. The van der Waals surface area contributed by atoms with Gasteiger partial charge in [0.25, 0.3) is 0 Å². The Labute approximate surface area is 119 Å². The molecule has 4 nitrogen and oxygen atoms in total. The first-order chi connectivity index (χ1) is 9.20. The molecule has 19 heavy (non-hydrogen) atoms. The summed E-state index contributed by atoms with van der Waals surface area (Å²) in [4.78, 5) is 8.64. The van der Waals surface area contributed by atoms with Crippen LogP contribution >= 0.6 is 22.9 Å². The van der Waals surface area contributed by atoms with Crippen molar-refractivity contribution in [3.8, 4) is 0 Å². The molecule has 2 heterocycles. The summed E-state index contributed by atoms with van der Waals surface area (Å²) in [5.41, 5.74) is 8.20. The highest BCUT2D eigenvalue weighted by atomic mass is 35.5. The van der Waals surface area contributed by atoms with Gasteiger partial charge in [0.2, 0.25) is 0 Å². The molecule has 0 radical (unpaired) electrons. The lowest BCUT2D eigenvalue weighted by Crippen LogP contribution is -1.91. The molecule has 0 saturated heterocycles. The number of hydrogen-bond donors (Lipinski definition) is 1. The maximum atomic E-state index is 5.91. The zero-order valence-electron chi connectivity index (χ0n) is 10.1. The summed E-state index contributed by atoms with van der Waals surface area (Å²) in [7, 11) is 0. The minimum atomic E-state index is 0.617. The number of aryl methyl sites for hydroxylation is 2. The number of halogens is 1. The van der Waals surface area contributed by atoms with Crippen molar-refractivity contribution < 1.29 is 4.42 Å². The summed E-state index contributed by atoms with van der Waals surface area (Å²) in [6.07, 6.45) is 2.60. The standard InChI is InChI=1S/C13H12ClN3OS/c14-8-4-5-11-10(6-8)17-12(18-11)3-1-2-9-7-19-13(15)16-9/h4-7H,1-3H2,(H2,15,16). The van der Waals surface area contributed by atoms with Crippen LogP contribution in [0.5, 0.6) is 0 Å². The van der Waals surface area contributed by atoms with E-state index in [0.717, 1.165) is 41.9 Å². The van der Waals surface area contributed by atoms with Crippen molar-refractivity contribution in [3.05, 3.63) is 40.2 Å². The van der Waals surface area contributed by atoms with Crippen molar-refractivity contribution in [2.75, 3.05) is 5.73 Å². The van der Waals surface area contributed by atoms with Gasteiger partial charge in [0.15, 0.2) is 16.6 Å². The van der Waals surface area contributed by atoms with Crippen molar-refractivity contribution in [1.82, 2.24) is 9.97 Å². The average molecular weight is 294 g/mol. The van der Waals surface area contributed by atoms with Crippen LogP contribution in [0.2, 0.25) is 5.02 Å². The first kappa shape index (κ1) is 12.4. The fourth-order valence-corrected chi connectivity index (χ4v) is 2.68. The fourth-order valence-electron chi connectivity index (χ4n) is 1.91. The third-order valence-electron chi connectivity index (χ3n) is 2.79. The van der Waals surface area contributed by atoms with Gasteiger partial charge in [-0.05, 0) is 31.0 Å². The molecular formula is C13H12ClN3OS. The van der Waals surface area contributed by atoms with Gasteiger partial charge in [-0.15, -0.1) is 11.3 Å². The third-order valence-corrected chi connectivity index (χ3v) is 3.74. The minimum Gasteiger partial charge on any atom is -0.441 e. The van der Waals surface area contributed by atoms with Gasteiger partial charge in [-0.25, -0.2) is 9.97 Å². The second kappa shape index (κ2) is 5.19. The van der Waals surface area contributed by atoms with E-state index in [2.05, 4.69) is 9.97 Å². The van der Waals surface area contributed by atoms with Gasteiger partial charge < -0.3 is 10.2 Å². The van der Waals surface area contributed by atoms with Gasteiger partial charge >= 0.3 is 0 Å². The molecule has 0 spiro atoms. The van der Waals surface area contributed by atoms with E-state index in [-0.39, 0.29) is 0 Å². The predicted octanol–water partition coefficient (Wildman–Crippen LogP) is 3.70. The van der Waals surface area contributed by atoms with Gasteiger partial charge in [-0.1, -0.05) is 11.6 Å². The first-order valence-electron chi connectivity index (χ1n) is 5.95. The van der Waals surface area contributed by atoms with Crippen molar-refractivity contribution in [2.24, 2.45) is 0 Å². The number of anilines is 1. The van der Waals surface area contributed by atoms with Gasteiger partial charge in [0.1, 0.15) is 5.52 Å². The number of rotatable bonds is 4. The van der Waals surface area contributed by atoms with Crippen LogP contribution in [-0.4, -0.2) is 9.97 Å². The lowest BCUT2D eigenvalue weighted by molar-refractivity contribution is 0.519. The smallest absolute Gasteiger partial charge is 0.195 e. The molecule has 6 heteroatoms. The Bertz CT molecular complexity index is 707. The molecule has 0 unspecified atom stereocenters. The van der Waals surface area contributed by atoms with Crippen molar-refractivity contribution >= 4 is 39.2 Å². The summed E-state index contributed by atoms with van der Waals surface area (Å²) in [6, 6.07) is 5.46. The number of thiazole rings is 1. The Morgan fingerprint density at radius 2 is 2.16 bits per heavy atom. The maximum absolute atomic E-state index is 5.91. The van der Waals surface area contributed by atoms with E-state index in [4.69, 9.17) is 21.8 Å². The van der Waals surface area contributed by atoms with Crippen LogP contribution in [0.15, 0.2) is 28.0 Å². The van der Waals surface area contributed by atoms with Crippen LogP contribution in [0.3, 0.4) is 0 Å². The summed E-state index contributed by atoms with van der Waals surface area (Å²) in [6.45, 7) is 0. The summed E-state index contributed by atoms with van der Waals surface area (Å²) in [5.74, 6) is 0.737. The Morgan fingerprint density at radius 3 is 2.95 bits per heavy atom. The molecule has 0 amide bonds. The molecule has 0 saturated carbocycles. The van der Waals surface area contributed by atoms with Crippen molar-refractivity contribution in [2.45, 2.75) is 19.3 Å².